The maximum absolute atomic E-state index is 13.0. The third kappa shape index (κ3) is 2.51. The summed E-state index contributed by atoms with van der Waals surface area (Å²) in [5, 5.41) is 11.7. The fraction of sp³-hybridized carbons (Fsp3) is 0.867. The molecule has 0 aromatic carbocycles. The average Bonchev–Trinajstić information content (AvgIpc) is 2.72. The van der Waals surface area contributed by atoms with Crippen molar-refractivity contribution in [1.82, 2.24) is 25.1 Å². The largest absolute Gasteiger partial charge is 0.379 e. The minimum Gasteiger partial charge on any atom is -0.379 e. The molecule has 1 amide bonds. The van der Waals surface area contributed by atoms with Crippen LogP contribution in [-0.4, -0.2) is 57.3 Å². The Morgan fingerprint density at radius 3 is 3.00 bits per heavy atom. The van der Waals surface area contributed by atoms with Crippen LogP contribution in [0.1, 0.15) is 37.9 Å². The minimum atomic E-state index is 0.0822. The first-order chi connectivity index (χ1) is 10.8. The number of amides is 1. The van der Waals surface area contributed by atoms with Gasteiger partial charge in [-0.1, -0.05) is 6.42 Å². The third-order valence-electron chi connectivity index (χ3n) is 5.53. The number of hydrogen-bond acceptors (Lipinski definition) is 5. The molecule has 1 spiro atoms. The fourth-order valence-corrected chi connectivity index (χ4v) is 3.97. The van der Waals surface area contributed by atoms with E-state index in [0.29, 0.717) is 12.5 Å². The van der Waals surface area contributed by atoms with Crippen molar-refractivity contribution in [3.05, 3.63) is 5.82 Å². The molecule has 1 saturated carbocycles. The molecule has 1 unspecified atom stereocenters. The first-order valence-electron chi connectivity index (χ1n) is 8.37. The molecular formula is C15H23N5O2. The van der Waals surface area contributed by atoms with Crippen LogP contribution in [0.3, 0.4) is 0 Å². The maximum atomic E-state index is 13.0. The zero-order valence-corrected chi connectivity index (χ0v) is 12.9. The lowest BCUT2D eigenvalue weighted by Gasteiger charge is -2.43. The van der Waals surface area contributed by atoms with Gasteiger partial charge in [0.15, 0.2) is 5.82 Å². The van der Waals surface area contributed by atoms with Crippen LogP contribution in [0.4, 0.5) is 0 Å². The van der Waals surface area contributed by atoms with Gasteiger partial charge in [0.25, 0.3) is 0 Å². The Kier molecular flexibility index (Phi) is 3.60. The van der Waals surface area contributed by atoms with Crippen molar-refractivity contribution >= 4 is 5.91 Å². The van der Waals surface area contributed by atoms with Gasteiger partial charge in [-0.25, -0.2) is 4.68 Å². The number of carbonyl (C=O) groups is 1. The highest BCUT2D eigenvalue weighted by Crippen LogP contribution is 2.43. The lowest BCUT2D eigenvalue weighted by molar-refractivity contribution is -0.138. The molecule has 3 heterocycles. The Bertz CT molecular complexity index is 531. The molecule has 7 heteroatoms. The van der Waals surface area contributed by atoms with Crippen LogP contribution in [0, 0.1) is 11.3 Å². The van der Waals surface area contributed by atoms with Gasteiger partial charge in [0, 0.05) is 37.4 Å². The highest BCUT2D eigenvalue weighted by Gasteiger charge is 2.42. The quantitative estimate of drug-likeness (QED) is 0.762. The third-order valence-corrected chi connectivity index (χ3v) is 5.53. The average molecular weight is 305 g/mol. The first-order valence-corrected chi connectivity index (χ1v) is 8.37. The molecule has 0 N–H and O–H groups in total. The summed E-state index contributed by atoms with van der Waals surface area (Å²) in [4.78, 5) is 15.0. The van der Waals surface area contributed by atoms with Gasteiger partial charge in [0.05, 0.1) is 13.2 Å². The van der Waals surface area contributed by atoms with Gasteiger partial charge < -0.3 is 9.64 Å². The maximum Gasteiger partial charge on any atom is 0.225 e. The number of fused-ring (bicyclic) bond motifs is 1. The van der Waals surface area contributed by atoms with Crippen LogP contribution in [-0.2, 0) is 22.5 Å². The van der Waals surface area contributed by atoms with Crippen LogP contribution in [0.15, 0.2) is 0 Å². The number of hydrogen-bond donors (Lipinski definition) is 0. The van der Waals surface area contributed by atoms with Crippen LogP contribution >= 0.6 is 0 Å². The lowest BCUT2D eigenvalue weighted by Crippen LogP contribution is -2.47. The number of ether oxygens (including phenoxy) is 1. The predicted molar refractivity (Wildman–Crippen MR) is 77.9 cm³/mol. The molecule has 22 heavy (non-hydrogen) atoms. The summed E-state index contributed by atoms with van der Waals surface area (Å²) >= 11 is 0. The number of carbonyl (C=O) groups excluding carboxylic acids is 1. The molecule has 1 aliphatic carbocycles. The van der Waals surface area contributed by atoms with Gasteiger partial charge >= 0.3 is 0 Å². The number of rotatable bonds is 1. The highest BCUT2D eigenvalue weighted by atomic mass is 16.5. The van der Waals surface area contributed by atoms with Gasteiger partial charge in [-0.05, 0) is 36.1 Å². The molecule has 2 fully saturated rings. The van der Waals surface area contributed by atoms with Crippen molar-refractivity contribution in [3.63, 3.8) is 0 Å². The molecular weight excluding hydrogens is 282 g/mol. The summed E-state index contributed by atoms with van der Waals surface area (Å²) in [5.74, 6) is 1.29. The Hall–Kier alpha value is -1.50. The molecule has 7 nitrogen and oxygen atoms in total. The Morgan fingerprint density at radius 1 is 1.27 bits per heavy atom. The molecule has 1 atom stereocenters. The van der Waals surface area contributed by atoms with Crippen LogP contribution in [0.5, 0.6) is 0 Å². The van der Waals surface area contributed by atoms with Gasteiger partial charge in [0.1, 0.15) is 0 Å². The van der Waals surface area contributed by atoms with Crippen LogP contribution in [0.25, 0.3) is 0 Å². The summed E-state index contributed by atoms with van der Waals surface area (Å²) in [6.07, 6.45) is 6.15. The van der Waals surface area contributed by atoms with Crippen molar-refractivity contribution in [2.45, 2.75) is 45.1 Å². The van der Waals surface area contributed by atoms with Crippen molar-refractivity contribution < 1.29 is 9.53 Å². The molecule has 1 aromatic rings. The summed E-state index contributed by atoms with van der Waals surface area (Å²) in [6.45, 7) is 3.86. The monoisotopic (exact) mass is 305 g/mol. The molecule has 3 aliphatic rings. The zero-order chi connectivity index (χ0) is 15.0. The smallest absolute Gasteiger partial charge is 0.225 e. The van der Waals surface area contributed by atoms with E-state index in [0.717, 1.165) is 51.3 Å². The van der Waals surface area contributed by atoms with E-state index in [-0.39, 0.29) is 11.3 Å². The minimum absolute atomic E-state index is 0.0822. The van der Waals surface area contributed by atoms with Crippen molar-refractivity contribution in [2.75, 3.05) is 26.3 Å². The van der Waals surface area contributed by atoms with Gasteiger partial charge in [-0.2, -0.15) is 0 Å². The van der Waals surface area contributed by atoms with Crippen molar-refractivity contribution in [1.29, 1.82) is 0 Å². The molecule has 120 valence electrons. The summed E-state index contributed by atoms with van der Waals surface area (Å²) in [5.41, 5.74) is 0.245. The Balaban J connectivity index is 1.43. The summed E-state index contributed by atoms with van der Waals surface area (Å²) in [6, 6.07) is 0. The number of aromatic nitrogens is 4. The van der Waals surface area contributed by atoms with E-state index in [1.54, 1.807) is 0 Å². The Morgan fingerprint density at radius 2 is 2.18 bits per heavy atom. The summed E-state index contributed by atoms with van der Waals surface area (Å²) < 4.78 is 7.60. The number of nitrogens with zero attached hydrogens (tertiary/aromatic N) is 5. The van der Waals surface area contributed by atoms with E-state index >= 15 is 0 Å². The second-order valence-electron chi connectivity index (χ2n) is 7.01. The summed E-state index contributed by atoms with van der Waals surface area (Å²) in [7, 11) is 0. The predicted octanol–water partition coefficient (Wildman–Crippen LogP) is 0.655. The van der Waals surface area contributed by atoms with Gasteiger partial charge in [-0.3, -0.25) is 4.79 Å². The second kappa shape index (κ2) is 5.61. The number of aryl methyl sites for hydroxylation is 2. The van der Waals surface area contributed by atoms with Crippen LogP contribution < -0.4 is 0 Å². The van der Waals surface area contributed by atoms with E-state index < -0.39 is 0 Å². The number of tetrazole rings is 1. The van der Waals surface area contributed by atoms with E-state index in [1.807, 2.05) is 4.68 Å². The van der Waals surface area contributed by atoms with Gasteiger partial charge in [0.2, 0.25) is 5.91 Å². The van der Waals surface area contributed by atoms with Crippen molar-refractivity contribution in [2.24, 2.45) is 11.3 Å². The molecule has 2 aliphatic heterocycles. The molecule has 0 bridgehead atoms. The SMILES string of the molecule is O=C(C1CCc2nnnn2CC1)N1CCOCC2(CCC2)C1. The Labute approximate surface area is 130 Å². The van der Waals surface area contributed by atoms with E-state index in [9.17, 15) is 4.79 Å². The zero-order valence-electron chi connectivity index (χ0n) is 12.9. The first kappa shape index (κ1) is 14.1. The van der Waals surface area contributed by atoms with Crippen LogP contribution in [0.2, 0.25) is 0 Å². The van der Waals surface area contributed by atoms with Gasteiger partial charge in [-0.15, -0.1) is 5.10 Å². The molecule has 1 saturated heterocycles. The standard InChI is InChI=1S/C15H23N5O2/c21-14(12-2-3-13-16-17-18-20(13)7-4-12)19-8-9-22-11-15(10-19)5-1-6-15/h12H,1-11H2. The van der Waals surface area contributed by atoms with E-state index in [2.05, 4.69) is 20.4 Å². The van der Waals surface area contributed by atoms with E-state index in [4.69, 9.17) is 4.74 Å². The fourth-order valence-electron chi connectivity index (χ4n) is 3.97. The molecule has 1 aromatic heterocycles. The van der Waals surface area contributed by atoms with E-state index in [1.165, 1.54) is 19.3 Å². The van der Waals surface area contributed by atoms with Crippen molar-refractivity contribution in [3.8, 4) is 0 Å². The lowest BCUT2D eigenvalue weighted by atomic mass is 9.69. The molecule has 0 radical (unpaired) electrons. The topological polar surface area (TPSA) is 73.1 Å². The highest BCUT2D eigenvalue weighted by molar-refractivity contribution is 5.79. The second-order valence-corrected chi connectivity index (χ2v) is 7.01. The normalized spacial score (nSPS) is 27.6. The molecule has 4 rings (SSSR count).